The molecule has 1 aromatic carbocycles. The van der Waals surface area contributed by atoms with Crippen LogP contribution < -0.4 is 4.74 Å². The van der Waals surface area contributed by atoms with Gasteiger partial charge in [0.2, 0.25) is 0 Å². The molecule has 1 aromatic heterocycles. The second-order valence-electron chi connectivity index (χ2n) is 6.98. The van der Waals surface area contributed by atoms with Crippen LogP contribution in [0.4, 0.5) is 0 Å². The summed E-state index contributed by atoms with van der Waals surface area (Å²) in [6.07, 6.45) is 5.90. The Hall–Kier alpha value is -1.52. The second-order valence-corrected chi connectivity index (χ2v) is 6.98. The van der Waals surface area contributed by atoms with Gasteiger partial charge < -0.3 is 19.1 Å². The van der Waals surface area contributed by atoms with Crippen molar-refractivity contribution in [2.75, 3.05) is 46.9 Å². The van der Waals surface area contributed by atoms with Crippen LogP contribution >= 0.6 is 0 Å². The van der Waals surface area contributed by atoms with Crippen molar-refractivity contribution in [3.8, 4) is 5.75 Å². The van der Waals surface area contributed by atoms with Crippen molar-refractivity contribution >= 4 is 10.9 Å². The molecule has 4 nitrogen and oxygen atoms in total. The standard InChI is InChI=1S/C20H31N3O/c1-4-9-23-16-17(19-15-18(24-3)7-8-20(19)23)6-5-10-22-13-11-21(2)12-14-22/h7-8,15-16H,4-6,9-14H2,1-3H3. The van der Waals surface area contributed by atoms with E-state index in [0.717, 1.165) is 25.1 Å². The number of fused-ring (bicyclic) bond motifs is 1. The lowest BCUT2D eigenvalue weighted by atomic mass is 10.1. The van der Waals surface area contributed by atoms with Crippen molar-refractivity contribution in [3.05, 3.63) is 30.0 Å². The van der Waals surface area contributed by atoms with E-state index >= 15 is 0 Å². The van der Waals surface area contributed by atoms with E-state index < -0.39 is 0 Å². The van der Waals surface area contributed by atoms with E-state index in [2.05, 4.69) is 52.7 Å². The van der Waals surface area contributed by atoms with Crippen molar-refractivity contribution in [3.63, 3.8) is 0 Å². The van der Waals surface area contributed by atoms with Gasteiger partial charge in [-0.05, 0) is 56.6 Å². The topological polar surface area (TPSA) is 20.6 Å². The van der Waals surface area contributed by atoms with E-state index in [9.17, 15) is 0 Å². The molecule has 24 heavy (non-hydrogen) atoms. The largest absolute Gasteiger partial charge is 0.497 e. The van der Waals surface area contributed by atoms with Crippen molar-refractivity contribution < 1.29 is 4.74 Å². The summed E-state index contributed by atoms with van der Waals surface area (Å²) >= 11 is 0. The molecular weight excluding hydrogens is 298 g/mol. The molecule has 0 atom stereocenters. The van der Waals surface area contributed by atoms with Crippen LogP contribution in [0.5, 0.6) is 5.75 Å². The number of nitrogens with zero attached hydrogens (tertiary/aromatic N) is 3. The van der Waals surface area contributed by atoms with Gasteiger partial charge >= 0.3 is 0 Å². The summed E-state index contributed by atoms with van der Waals surface area (Å²) in [5, 5.41) is 1.36. The van der Waals surface area contributed by atoms with Crippen molar-refractivity contribution in [2.24, 2.45) is 0 Å². The van der Waals surface area contributed by atoms with Crippen molar-refractivity contribution in [1.82, 2.24) is 14.4 Å². The summed E-state index contributed by atoms with van der Waals surface area (Å²) in [5.41, 5.74) is 2.80. The van der Waals surface area contributed by atoms with E-state index in [1.807, 2.05) is 0 Å². The van der Waals surface area contributed by atoms with Crippen LogP contribution in [0.2, 0.25) is 0 Å². The zero-order valence-electron chi connectivity index (χ0n) is 15.4. The maximum Gasteiger partial charge on any atom is 0.119 e. The molecule has 1 saturated heterocycles. The summed E-state index contributed by atoms with van der Waals surface area (Å²) in [4.78, 5) is 5.02. The number of aryl methyl sites for hydroxylation is 2. The number of rotatable bonds is 7. The molecule has 0 bridgehead atoms. The van der Waals surface area contributed by atoms with Crippen LogP contribution in [0.15, 0.2) is 24.4 Å². The third-order valence-corrected chi connectivity index (χ3v) is 5.15. The molecule has 0 saturated carbocycles. The number of piperazine rings is 1. The Morgan fingerprint density at radius 1 is 1.08 bits per heavy atom. The molecule has 1 aliphatic heterocycles. The molecule has 0 unspecified atom stereocenters. The summed E-state index contributed by atoms with van der Waals surface area (Å²) < 4.78 is 7.84. The lowest BCUT2D eigenvalue weighted by Gasteiger charge is -2.32. The Morgan fingerprint density at radius 3 is 2.58 bits per heavy atom. The summed E-state index contributed by atoms with van der Waals surface area (Å²) in [6, 6.07) is 6.48. The van der Waals surface area contributed by atoms with Crippen LogP contribution in [0.1, 0.15) is 25.3 Å². The van der Waals surface area contributed by atoms with Crippen LogP contribution in [0.25, 0.3) is 10.9 Å². The zero-order valence-corrected chi connectivity index (χ0v) is 15.4. The number of ether oxygens (including phenoxy) is 1. The third kappa shape index (κ3) is 3.93. The van der Waals surface area contributed by atoms with Gasteiger partial charge in [-0.2, -0.15) is 0 Å². The average molecular weight is 329 g/mol. The van der Waals surface area contributed by atoms with Crippen LogP contribution in [0, 0.1) is 0 Å². The number of hydrogen-bond donors (Lipinski definition) is 0. The lowest BCUT2D eigenvalue weighted by Crippen LogP contribution is -2.44. The number of aromatic nitrogens is 1. The van der Waals surface area contributed by atoms with E-state index in [1.165, 1.54) is 55.6 Å². The maximum absolute atomic E-state index is 5.43. The molecule has 0 N–H and O–H groups in total. The fourth-order valence-electron chi connectivity index (χ4n) is 3.67. The summed E-state index contributed by atoms with van der Waals surface area (Å²) in [5.74, 6) is 0.956. The van der Waals surface area contributed by atoms with E-state index in [0.29, 0.717) is 0 Å². The van der Waals surface area contributed by atoms with Gasteiger partial charge in [-0.3, -0.25) is 0 Å². The highest BCUT2D eigenvalue weighted by Gasteiger charge is 2.14. The summed E-state index contributed by atoms with van der Waals surface area (Å²) in [7, 11) is 3.96. The lowest BCUT2D eigenvalue weighted by molar-refractivity contribution is 0.153. The third-order valence-electron chi connectivity index (χ3n) is 5.15. The van der Waals surface area contributed by atoms with Gasteiger partial charge in [-0.1, -0.05) is 6.92 Å². The number of benzene rings is 1. The number of likely N-dealkylation sites (N-methyl/N-ethyl adjacent to an activating group) is 1. The van der Waals surface area contributed by atoms with E-state index in [4.69, 9.17) is 4.74 Å². The molecule has 0 spiro atoms. The predicted molar refractivity (Wildman–Crippen MR) is 101 cm³/mol. The highest BCUT2D eigenvalue weighted by Crippen LogP contribution is 2.27. The average Bonchev–Trinajstić information content (AvgIpc) is 2.94. The Balaban J connectivity index is 1.68. The highest BCUT2D eigenvalue weighted by atomic mass is 16.5. The highest BCUT2D eigenvalue weighted by molar-refractivity contribution is 5.85. The van der Waals surface area contributed by atoms with Crippen LogP contribution in [0.3, 0.4) is 0 Å². The monoisotopic (exact) mass is 329 g/mol. The van der Waals surface area contributed by atoms with Gasteiger partial charge in [0.05, 0.1) is 7.11 Å². The van der Waals surface area contributed by atoms with Crippen LogP contribution in [-0.4, -0.2) is 61.2 Å². The minimum absolute atomic E-state index is 0.956. The molecule has 1 fully saturated rings. The Morgan fingerprint density at radius 2 is 1.88 bits per heavy atom. The quantitative estimate of drug-likeness (QED) is 0.778. The molecule has 2 heterocycles. The van der Waals surface area contributed by atoms with Gasteiger partial charge in [0.1, 0.15) is 5.75 Å². The molecular formula is C20H31N3O. The SMILES string of the molecule is CCCn1cc(CCCN2CCN(C)CC2)c2cc(OC)ccc21. The molecule has 2 aromatic rings. The number of hydrogen-bond acceptors (Lipinski definition) is 3. The first-order chi connectivity index (χ1) is 11.7. The van der Waals surface area contributed by atoms with Crippen molar-refractivity contribution in [1.29, 1.82) is 0 Å². The molecule has 0 amide bonds. The molecule has 4 heteroatoms. The smallest absolute Gasteiger partial charge is 0.119 e. The molecule has 1 aliphatic rings. The fraction of sp³-hybridized carbons (Fsp3) is 0.600. The van der Waals surface area contributed by atoms with Gasteiger partial charge in [0.15, 0.2) is 0 Å². The minimum atomic E-state index is 0.956. The van der Waals surface area contributed by atoms with Gasteiger partial charge in [0.25, 0.3) is 0 Å². The predicted octanol–water partition coefficient (Wildman–Crippen LogP) is 3.24. The zero-order chi connectivity index (χ0) is 16.9. The fourth-order valence-corrected chi connectivity index (χ4v) is 3.67. The first kappa shape index (κ1) is 17.3. The first-order valence-corrected chi connectivity index (χ1v) is 9.28. The maximum atomic E-state index is 5.43. The van der Waals surface area contributed by atoms with Gasteiger partial charge in [0, 0.05) is 49.8 Å². The molecule has 0 radical (unpaired) electrons. The van der Waals surface area contributed by atoms with Gasteiger partial charge in [-0.15, -0.1) is 0 Å². The minimum Gasteiger partial charge on any atom is -0.497 e. The Kier molecular flexibility index (Phi) is 5.80. The van der Waals surface area contributed by atoms with Crippen LogP contribution in [-0.2, 0) is 13.0 Å². The van der Waals surface area contributed by atoms with Gasteiger partial charge in [-0.25, -0.2) is 0 Å². The summed E-state index contributed by atoms with van der Waals surface area (Å²) in [6.45, 7) is 9.35. The normalized spacial score (nSPS) is 16.8. The Bertz CT molecular complexity index is 656. The molecule has 3 rings (SSSR count). The van der Waals surface area contributed by atoms with Crippen molar-refractivity contribution in [2.45, 2.75) is 32.7 Å². The Labute approximate surface area is 146 Å². The second kappa shape index (κ2) is 8.04. The van der Waals surface area contributed by atoms with E-state index in [-0.39, 0.29) is 0 Å². The number of methoxy groups -OCH3 is 1. The molecule has 132 valence electrons. The molecule has 0 aliphatic carbocycles. The van der Waals surface area contributed by atoms with E-state index in [1.54, 1.807) is 7.11 Å². The first-order valence-electron chi connectivity index (χ1n) is 9.28.